The van der Waals surface area contributed by atoms with Crippen LogP contribution >= 0.6 is 0 Å². The number of amides is 1. The molecule has 11 heteroatoms. The number of anilines is 4. The number of hydrogen-bond donors (Lipinski definition) is 3. The lowest BCUT2D eigenvalue weighted by Gasteiger charge is -2.16. The van der Waals surface area contributed by atoms with Crippen molar-refractivity contribution in [3.05, 3.63) is 102 Å². The molecule has 0 unspecified atom stereocenters. The van der Waals surface area contributed by atoms with Crippen molar-refractivity contribution in [3.8, 4) is 23.0 Å². The van der Waals surface area contributed by atoms with Gasteiger partial charge in [-0.25, -0.2) is 15.0 Å². The van der Waals surface area contributed by atoms with E-state index in [1.54, 1.807) is 40.7 Å². The molecule has 0 atom stereocenters. The predicted octanol–water partition coefficient (Wildman–Crippen LogP) is 7.13. The average Bonchev–Trinajstić information content (AvgIpc) is 3.11. The van der Waals surface area contributed by atoms with Crippen LogP contribution in [0.2, 0.25) is 0 Å². The van der Waals surface area contributed by atoms with Crippen molar-refractivity contribution in [1.82, 2.24) is 15.0 Å². The van der Waals surface area contributed by atoms with E-state index in [1.165, 1.54) is 6.33 Å². The number of carbonyl (C=O) groups is 1. The molecular formula is C36H34N6O5. The van der Waals surface area contributed by atoms with E-state index in [0.29, 0.717) is 63.3 Å². The van der Waals surface area contributed by atoms with E-state index in [-0.39, 0.29) is 5.91 Å². The van der Waals surface area contributed by atoms with Crippen LogP contribution in [0.25, 0.3) is 21.7 Å². The summed E-state index contributed by atoms with van der Waals surface area (Å²) in [5.41, 5.74) is 4.23. The number of methoxy groups -OCH3 is 4. The Labute approximate surface area is 271 Å². The first-order valence-electron chi connectivity index (χ1n) is 14.8. The summed E-state index contributed by atoms with van der Waals surface area (Å²) in [5.74, 6) is 3.56. The highest BCUT2D eigenvalue weighted by Gasteiger charge is 2.18. The summed E-state index contributed by atoms with van der Waals surface area (Å²) in [4.78, 5) is 27.4. The number of nitrogens with zero attached hydrogens (tertiary/aromatic N) is 3. The summed E-state index contributed by atoms with van der Waals surface area (Å²) in [7, 11) is 6.42. The molecular weight excluding hydrogens is 596 g/mol. The second kappa shape index (κ2) is 13.5. The fourth-order valence-electron chi connectivity index (χ4n) is 5.45. The molecule has 0 fully saturated rings. The van der Waals surface area contributed by atoms with Gasteiger partial charge in [0.15, 0.2) is 11.5 Å². The van der Waals surface area contributed by atoms with Gasteiger partial charge >= 0.3 is 0 Å². The van der Waals surface area contributed by atoms with Crippen molar-refractivity contribution < 1.29 is 23.7 Å². The maximum Gasteiger partial charge on any atom is 0.257 e. The number of carbonyl (C=O) groups excluding carboxylic acids is 1. The summed E-state index contributed by atoms with van der Waals surface area (Å²) >= 11 is 0. The van der Waals surface area contributed by atoms with Gasteiger partial charge in [-0.1, -0.05) is 18.2 Å². The number of aryl methyl sites for hydroxylation is 1. The Morgan fingerprint density at radius 2 is 1.55 bits per heavy atom. The number of hydrogen-bond acceptors (Lipinski definition) is 10. The topological polar surface area (TPSA) is 129 Å². The van der Waals surface area contributed by atoms with Gasteiger partial charge in [0, 0.05) is 52.3 Å². The molecule has 1 amide bonds. The predicted molar refractivity (Wildman–Crippen MR) is 184 cm³/mol. The molecule has 6 rings (SSSR count). The third-order valence-corrected chi connectivity index (χ3v) is 7.89. The van der Waals surface area contributed by atoms with Crippen LogP contribution in [0.4, 0.5) is 23.0 Å². The number of ether oxygens (including phenoxy) is 4. The largest absolute Gasteiger partial charge is 0.497 e. The third kappa shape index (κ3) is 6.23. The molecule has 0 aliphatic carbocycles. The molecule has 0 aliphatic heterocycles. The first-order valence-corrected chi connectivity index (χ1v) is 14.8. The molecule has 2 heterocycles. The highest BCUT2D eigenvalue weighted by atomic mass is 16.5. The van der Waals surface area contributed by atoms with E-state index in [0.717, 1.165) is 27.6 Å². The van der Waals surface area contributed by atoms with Crippen molar-refractivity contribution in [2.45, 2.75) is 13.5 Å². The van der Waals surface area contributed by atoms with Gasteiger partial charge in [0.2, 0.25) is 0 Å². The second-order valence-electron chi connectivity index (χ2n) is 10.6. The Balaban J connectivity index is 1.29. The van der Waals surface area contributed by atoms with E-state index in [1.807, 2.05) is 73.7 Å². The fourth-order valence-corrected chi connectivity index (χ4v) is 5.45. The van der Waals surface area contributed by atoms with Gasteiger partial charge in [-0.2, -0.15) is 0 Å². The number of para-hydroxylation sites is 1. The standard InChI is InChI=1S/C36H34N6O5/c1-21-9-13-26-25(15-16-37-35(26)41-23-11-14-29(45-3)31(17-23)47-5)32(21)42-36(43)28-8-6-7-27-33(28)39-20-40-34(27)38-19-22-10-12-24(44-2)18-30(22)46-4/h6-18,20H,19H2,1-5H3,(H,37,41)(H,42,43)(H,38,39,40). The highest BCUT2D eigenvalue weighted by Crippen LogP contribution is 2.35. The van der Waals surface area contributed by atoms with Gasteiger partial charge in [-0.15, -0.1) is 0 Å². The molecule has 4 aromatic carbocycles. The van der Waals surface area contributed by atoms with E-state index < -0.39 is 0 Å². The molecule has 0 spiro atoms. The molecule has 3 N–H and O–H groups in total. The highest BCUT2D eigenvalue weighted by molar-refractivity contribution is 6.16. The van der Waals surface area contributed by atoms with Crippen LogP contribution in [0.3, 0.4) is 0 Å². The van der Waals surface area contributed by atoms with Crippen LogP contribution in [0.15, 0.2) is 85.3 Å². The molecule has 6 aromatic rings. The maximum atomic E-state index is 13.9. The summed E-state index contributed by atoms with van der Waals surface area (Å²) < 4.78 is 21.7. The first-order chi connectivity index (χ1) is 22.9. The zero-order valence-corrected chi connectivity index (χ0v) is 26.7. The van der Waals surface area contributed by atoms with Crippen LogP contribution in [-0.2, 0) is 6.54 Å². The quantitative estimate of drug-likeness (QED) is 0.136. The van der Waals surface area contributed by atoms with Crippen LogP contribution in [0, 0.1) is 6.92 Å². The smallest absolute Gasteiger partial charge is 0.257 e. The summed E-state index contributed by atoms with van der Waals surface area (Å²) in [5, 5.41) is 12.3. The molecule has 2 aromatic heterocycles. The van der Waals surface area contributed by atoms with Crippen LogP contribution in [0.5, 0.6) is 23.0 Å². The monoisotopic (exact) mass is 630 g/mol. The van der Waals surface area contributed by atoms with Crippen LogP contribution < -0.4 is 34.9 Å². The third-order valence-electron chi connectivity index (χ3n) is 7.89. The normalized spacial score (nSPS) is 10.8. The number of pyridine rings is 1. The zero-order chi connectivity index (χ0) is 32.9. The number of fused-ring (bicyclic) bond motifs is 2. The van der Waals surface area contributed by atoms with E-state index >= 15 is 0 Å². The number of nitrogens with one attached hydrogen (secondary N) is 3. The van der Waals surface area contributed by atoms with Crippen molar-refractivity contribution in [2.75, 3.05) is 44.4 Å². The summed E-state index contributed by atoms with van der Waals surface area (Å²) in [6.45, 7) is 2.40. The van der Waals surface area contributed by atoms with Crippen molar-refractivity contribution in [3.63, 3.8) is 0 Å². The van der Waals surface area contributed by atoms with E-state index in [9.17, 15) is 4.79 Å². The minimum atomic E-state index is -0.293. The number of rotatable bonds is 11. The molecule has 0 saturated carbocycles. The van der Waals surface area contributed by atoms with Crippen LogP contribution in [-0.4, -0.2) is 49.3 Å². The van der Waals surface area contributed by atoms with Gasteiger partial charge in [-0.3, -0.25) is 4.79 Å². The summed E-state index contributed by atoms with van der Waals surface area (Å²) in [6, 6.07) is 22.5. The Kier molecular flexibility index (Phi) is 8.87. The van der Waals surface area contributed by atoms with Gasteiger partial charge in [0.1, 0.15) is 29.5 Å². The van der Waals surface area contributed by atoms with Gasteiger partial charge < -0.3 is 34.9 Å². The zero-order valence-electron chi connectivity index (χ0n) is 26.7. The summed E-state index contributed by atoms with van der Waals surface area (Å²) in [6.07, 6.45) is 3.16. The minimum Gasteiger partial charge on any atom is -0.497 e. The Morgan fingerprint density at radius 3 is 2.34 bits per heavy atom. The van der Waals surface area contributed by atoms with Crippen molar-refractivity contribution >= 4 is 50.6 Å². The average molecular weight is 631 g/mol. The van der Waals surface area contributed by atoms with E-state index in [4.69, 9.17) is 18.9 Å². The first kappa shape index (κ1) is 30.9. The SMILES string of the molecule is COc1ccc(CNc2ncnc3c(C(=O)Nc4c(C)ccc5c(Nc6ccc(OC)c(OC)c6)nccc45)cccc23)c(OC)c1. The van der Waals surface area contributed by atoms with Crippen molar-refractivity contribution in [1.29, 1.82) is 0 Å². The second-order valence-corrected chi connectivity index (χ2v) is 10.6. The molecule has 0 aliphatic rings. The van der Waals surface area contributed by atoms with Gasteiger partial charge in [0.05, 0.1) is 45.2 Å². The van der Waals surface area contributed by atoms with Gasteiger partial charge in [-0.05, 0) is 55.0 Å². The molecule has 47 heavy (non-hydrogen) atoms. The van der Waals surface area contributed by atoms with Crippen molar-refractivity contribution in [2.24, 2.45) is 0 Å². The van der Waals surface area contributed by atoms with Gasteiger partial charge in [0.25, 0.3) is 5.91 Å². The minimum absolute atomic E-state index is 0.293. The molecule has 238 valence electrons. The molecule has 11 nitrogen and oxygen atoms in total. The maximum absolute atomic E-state index is 13.9. The Morgan fingerprint density at radius 1 is 0.723 bits per heavy atom. The Bertz CT molecular complexity index is 2100. The lowest BCUT2D eigenvalue weighted by molar-refractivity contribution is 0.102. The van der Waals surface area contributed by atoms with Crippen LogP contribution in [0.1, 0.15) is 21.5 Å². The number of benzene rings is 4. The lowest BCUT2D eigenvalue weighted by atomic mass is 10.0. The lowest BCUT2D eigenvalue weighted by Crippen LogP contribution is -2.14. The molecule has 0 bridgehead atoms. The molecule has 0 saturated heterocycles. The van der Waals surface area contributed by atoms with E-state index in [2.05, 4.69) is 30.9 Å². The fraction of sp³-hybridized carbons (Fsp3) is 0.167. The molecule has 0 radical (unpaired) electrons. The number of aromatic nitrogens is 3. The Hall–Kier alpha value is -6.10.